The van der Waals surface area contributed by atoms with Gasteiger partial charge in [0.05, 0.1) is 12.1 Å². The van der Waals surface area contributed by atoms with E-state index in [4.69, 9.17) is 10.5 Å². The average Bonchev–Trinajstić information content (AvgIpc) is 2.05. The molecule has 4 heteroatoms. The minimum Gasteiger partial charge on any atom is -0.376 e. The molecule has 1 fully saturated rings. The van der Waals surface area contributed by atoms with Gasteiger partial charge in [0.2, 0.25) is 0 Å². The van der Waals surface area contributed by atoms with Crippen molar-refractivity contribution in [2.45, 2.75) is 37.8 Å². The second-order valence-corrected chi connectivity index (χ2v) is 2.82. The summed E-state index contributed by atoms with van der Waals surface area (Å²) in [5, 5.41) is 0. The van der Waals surface area contributed by atoms with Crippen LogP contribution in [0.3, 0.4) is 0 Å². The van der Waals surface area contributed by atoms with Crippen LogP contribution in [0.25, 0.3) is 0 Å². The maximum atomic E-state index is 12.0. The summed E-state index contributed by atoms with van der Waals surface area (Å²) in [6.45, 7) is 0.574. The summed E-state index contributed by atoms with van der Waals surface area (Å²) in [4.78, 5) is 0. The maximum absolute atomic E-state index is 12.0. The Morgan fingerprint density at radius 2 is 2.09 bits per heavy atom. The van der Waals surface area contributed by atoms with Gasteiger partial charge < -0.3 is 10.5 Å². The van der Waals surface area contributed by atoms with Gasteiger partial charge in [0.1, 0.15) is 0 Å². The third-order valence-corrected chi connectivity index (χ3v) is 1.94. The van der Waals surface area contributed by atoms with Crippen LogP contribution < -0.4 is 5.73 Å². The van der Waals surface area contributed by atoms with E-state index in [-0.39, 0.29) is 0 Å². The quantitative estimate of drug-likeness (QED) is 0.666. The van der Waals surface area contributed by atoms with E-state index in [1.54, 1.807) is 0 Å². The van der Waals surface area contributed by atoms with E-state index in [1.807, 2.05) is 0 Å². The lowest BCUT2D eigenvalue weighted by Gasteiger charge is -2.27. The summed E-state index contributed by atoms with van der Waals surface area (Å²) in [6.07, 6.45) is -0.301. The first-order valence-electron chi connectivity index (χ1n) is 3.87. The molecule has 0 bridgehead atoms. The van der Waals surface area contributed by atoms with E-state index in [9.17, 15) is 8.78 Å². The molecule has 1 rings (SSSR count). The van der Waals surface area contributed by atoms with Crippen molar-refractivity contribution in [2.75, 3.05) is 6.61 Å². The van der Waals surface area contributed by atoms with Crippen LogP contribution >= 0.6 is 0 Å². The van der Waals surface area contributed by atoms with Crippen LogP contribution in [0.2, 0.25) is 0 Å². The highest BCUT2D eigenvalue weighted by atomic mass is 19.3. The van der Waals surface area contributed by atoms with Gasteiger partial charge in [-0.3, -0.25) is 0 Å². The molecule has 11 heavy (non-hydrogen) atoms. The van der Waals surface area contributed by atoms with Crippen LogP contribution in [0, 0.1) is 0 Å². The molecule has 1 heterocycles. The normalized spacial score (nSPS) is 28.9. The van der Waals surface area contributed by atoms with Crippen LogP contribution in [0.15, 0.2) is 0 Å². The second kappa shape index (κ2) is 3.97. The predicted octanol–water partition coefficient (Wildman–Crippen LogP) is 1.15. The third kappa shape index (κ3) is 2.38. The molecule has 0 aromatic heterocycles. The molecule has 1 aliphatic heterocycles. The van der Waals surface area contributed by atoms with Crippen molar-refractivity contribution in [1.82, 2.24) is 0 Å². The number of hydrogen-bond donors (Lipinski definition) is 1. The van der Waals surface area contributed by atoms with E-state index in [0.29, 0.717) is 13.0 Å². The Labute approximate surface area is 64.7 Å². The molecule has 0 amide bonds. The fourth-order valence-corrected chi connectivity index (χ4v) is 1.23. The second-order valence-electron chi connectivity index (χ2n) is 2.82. The average molecular weight is 165 g/mol. The summed E-state index contributed by atoms with van der Waals surface area (Å²) in [5.74, 6) is 0. The molecule has 1 aliphatic rings. The monoisotopic (exact) mass is 165 g/mol. The number of ether oxygens (including phenoxy) is 1. The van der Waals surface area contributed by atoms with Gasteiger partial charge in [0, 0.05) is 6.61 Å². The Morgan fingerprint density at radius 1 is 1.36 bits per heavy atom. The predicted molar refractivity (Wildman–Crippen MR) is 37.6 cm³/mol. The first-order valence-corrected chi connectivity index (χ1v) is 3.87. The zero-order chi connectivity index (χ0) is 8.27. The topological polar surface area (TPSA) is 35.2 Å². The lowest BCUT2D eigenvalue weighted by Crippen LogP contribution is -2.43. The zero-order valence-electron chi connectivity index (χ0n) is 6.30. The lowest BCUT2D eigenvalue weighted by molar-refractivity contribution is -0.0392. The molecular weight excluding hydrogens is 152 g/mol. The Kier molecular flexibility index (Phi) is 3.20. The number of alkyl halides is 2. The SMILES string of the molecule is NC(C(F)F)C1CCCCO1. The van der Waals surface area contributed by atoms with Gasteiger partial charge in [-0.2, -0.15) is 0 Å². The molecule has 2 nitrogen and oxygen atoms in total. The molecule has 0 saturated carbocycles. The van der Waals surface area contributed by atoms with Crippen LogP contribution in [0.5, 0.6) is 0 Å². The van der Waals surface area contributed by atoms with Gasteiger partial charge in [0.15, 0.2) is 0 Å². The van der Waals surface area contributed by atoms with Crippen molar-refractivity contribution in [1.29, 1.82) is 0 Å². The first-order chi connectivity index (χ1) is 5.22. The van der Waals surface area contributed by atoms with Crippen LogP contribution in [0.4, 0.5) is 8.78 Å². The fourth-order valence-electron chi connectivity index (χ4n) is 1.23. The van der Waals surface area contributed by atoms with Gasteiger partial charge in [0.25, 0.3) is 6.43 Å². The van der Waals surface area contributed by atoms with Gasteiger partial charge in [-0.05, 0) is 19.3 Å². The molecule has 2 unspecified atom stereocenters. The van der Waals surface area contributed by atoms with E-state index in [1.165, 1.54) is 0 Å². The summed E-state index contributed by atoms with van der Waals surface area (Å²) >= 11 is 0. The summed E-state index contributed by atoms with van der Waals surface area (Å²) in [7, 11) is 0. The van der Waals surface area contributed by atoms with E-state index in [2.05, 4.69) is 0 Å². The summed E-state index contributed by atoms with van der Waals surface area (Å²) in [5.41, 5.74) is 5.22. The first kappa shape index (κ1) is 8.87. The molecule has 0 aromatic carbocycles. The Morgan fingerprint density at radius 3 is 2.55 bits per heavy atom. The zero-order valence-corrected chi connectivity index (χ0v) is 6.30. The number of hydrogen-bond acceptors (Lipinski definition) is 2. The van der Waals surface area contributed by atoms with Gasteiger partial charge in [-0.1, -0.05) is 0 Å². The molecule has 1 saturated heterocycles. The molecular formula is C7H13F2NO. The van der Waals surface area contributed by atoms with Crippen LogP contribution in [-0.2, 0) is 4.74 Å². The van der Waals surface area contributed by atoms with Gasteiger partial charge in [-0.25, -0.2) is 8.78 Å². The smallest absolute Gasteiger partial charge is 0.256 e. The molecule has 0 radical (unpaired) electrons. The highest BCUT2D eigenvalue weighted by molar-refractivity contribution is 4.77. The summed E-state index contributed by atoms with van der Waals surface area (Å²) in [6, 6.07) is -1.10. The minimum atomic E-state index is -2.46. The van der Waals surface area contributed by atoms with Crippen molar-refractivity contribution in [3.63, 3.8) is 0 Å². The highest BCUT2D eigenvalue weighted by Crippen LogP contribution is 2.17. The van der Waals surface area contributed by atoms with Crippen molar-refractivity contribution < 1.29 is 13.5 Å². The number of nitrogens with two attached hydrogens (primary N) is 1. The number of rotatable bonds is 2. The standard InChI is InChI=1S/C7H13F2NO/c8-7(9)6(10)5-3-1-2-4-11-5/h5-7H,1-4,10H2. The van der Waals surface area contributed by atoms with Crippen LogP contribution in [-0.4, -0.2) is 25.2 Å². The van der Waals surface area contributed by atoms with Gasteiger partial charge in [-0.15, -0.1) is 0 Å². The fraction of sp³-hybridized carbons (Fsp3) is 1.00. The number of halogens is 2. The molecule has 0 spiro atoms. The Balaban J connectivity index is 2.32. The third-order valence-electron chi connectivity index (χ3n) is 1.94. The Bertz CT molecular complexity index is 115. The van der Waals surface area contributed by atoms with E-state index < -0.39 is 18.6 Å². The molecule has 2 N–H and O–H groups in total. The van der Waals surface area contributed by atoms with Crippen LogP contribution in [0.1, 0.15) is 19.3 Å². The van der Waals surface area contributed by atoms with Gasteiger partial charge >= 0.3 is 0 Å². The van der Waals surface area contributed by atoms with E-state index >= 15 is 0 Å². The molecule has 66 valence electrons. The van der Waals surface area contributed by atoms with Crippen molar-refractivity contribution in [2.24, 2.45) is 5.73 Å². The van der Waals surface area contributed by atoms with Crippen molar-refractivity contribution in [3.05, 3.63) is 0 Å². The molecule has 0 aromatic rings. The Hall–Kier alpha value is -0.220. The maximum Gasteiger partial charge on any atom is 0.256 e. The minimum absolute atomic E-state index is 0.427. The molecule has 0 aliphatic carbocycles. The highest BCUT2D eigenvalue weighted by Gasteiger charge is 2.27. The largest absolute Gasteiger partial charge is 0.376 e. The summed E-state index contributed by atoms with van der Waals surface area (Å²) < 4.78 is 29.1. The van der Waals surface area contributed by atoms with Crippen molar-refractivity contribution >= 4 is 0 Å². The lowest BCUT2D eigenvalue weighted by atomic mass is 10.0. The van der Waals surface area contributed by atoms with E-state index in [0.717, 1.165) is 12.8 Å². The molecule has 2 atom stereocenters. The van der Waals surface area contributed by atoms with Crippen molar-refractivity contribution in [3.8, 4) is 0 Å².